The van der Waals surface area contributed by atoms with Gasteiger partial charge in [-0.1, -0.05) is 12.1 Å². The minimum atomic E-state index is -0.499. The minimum Gasteiger partial charge on any atom is -0.444 e. The summed E-state index contributed by atoms with van der Waals surface area (Å²) >= 11 is 2.16. The Morgan fingerprint density at radius 3 is 2.64 bits per heavy atom. The van der Waals surface area contributed by atoms with Crippen molar-refractivity contribution in [1.29, 1.82) is 0 Å². The number of carbonyl (C=O) groups excluding carboxylic acids is 1. The van der Waals surface area contributed by atoms with E-state index in [1.165, 1.54) is 12.1 Å². The third kappa shape index (κ3) is 3.92. The van der Waals surface area contributed by atoms with Crippen molar-refractivity contribution in [2.75, 3.05) is 18.0 Å². The number of hydrogen-bond donors (Lipinski definition) is 0. The predicted molar refractivity (Wildman–Crippen MR) is 113 cm³/mol. The van der Waals surface area contributed by atoms with Crippen LogP contribution in [0, 0.1) is 9.52 Å². The highest BCUT2D eigenvalue weighted by Gasteiger charge is 2.47. The van der Waals surface area contributed by atoms with E-state index in [0.717, 1.165) is 15.9 Å². The van der Waals surface area contributed by atoms with Crippen LogP contribution < -0.4 is 4.90 Å². The van der Waals surface area contributed by atoms with Gasteiger partial charge in [-0.3, -0.25) is 0 Å². The second-order valence-electron chi connectivity index (χ2n) is 8.21. The average Bonchev–Trinajstić information content (AvgIpc) is 3.20. The van der Waals surface area contributed by atoms with Gasteiger partial charge in [0.15, 0.2) is 5.82 Å². The second kappa shape index (κ2) is 7.13. The molecule has 1 amide bonds. The summed E-state index contributed by atoms with van der Waals surface area (Å²) in [5.74, 6) is 1.01. The summed E-state index contributed by atoms with van der Waals surface area (Å²) < 4.78 is 19.9. The van der Waals surface area contributed by atoms with Gasteiger partial charge in [-0.15, -0.1) is 0 Å². The SMILES string of the molecule is CC(C)(C)OC(=O)N1C[C@@H]2C[C@H]1CN2c1cc(I)nc(-c2cccc(F)c2)n1. The molecule has 3 heterocycles. The fourth-order valence-corrected chi connectivity index (χ4v) is 4.31. The lowest BCUT2D eigenvalue weighted by atomic mass is 10.2. The summed E-state index contributed by atoms with van der Waals surface area (Å²) in [7, 11) is 0. The predicted octanol–water partition coefficient (Wildman–Crippen LogP) is 4.09. The summed E-state index contributed by atoms with van der Waals surface area (Å²) in [5, 5.41) is 0. The first kappa shape index (κ1) is 19.4. The van der Waals surface area contributed by atoms with E-state index >= 15 is 0 Å². The van der Waals surface area contributed by atoms with E-state index in [2.05, 4.69) is 37.5 Å². The van der Waals surface area contributed by atoms with Crippen LogP contribution in [0.5, 0.6) is 0 Å². The molecule has 0 saturated carbocycles. The Labute approximate surface area is 177 Å². The summed E-state index contributed by atoms with van der Waals surface area (Å²) in [5.41, 5.74) is 0.154. The van der Waals surface area contributed by atoms with E-state index in [1.54, 1.807) is 12.1 Å². The van der Waals surface area contributed by atoms with Gasteiger partial charge in [0.2, 0.25) is 0 Å². The van der Waals surface area contributed by atoms with Gasteiger partial charge >= 0.3 is 6.09 Å². The molecule has 1 aromatic heterocycles. The first-order valence-electron chi connectivity index (χ1n) is 9.26. The van der Waals surface area contributed by atoms with Gasteiger partial charge in [0.25, 0.3) is 0 Å². The molecule has 6 nitrogen and oxygen atoms in total. The lowest BCUT2D eigenvalue weighted by Crippen LogP contribution is -2.50. The number of piperazine rings is 1. The molecule has 28 heavy (non-hydrogen) atoms. The Bertz CT molecular complexity index is 917. The topological polar surface area (TPSA) is 58.6 Å². The van der Waals surface area contributed by atoms with Crippen molar-refractivity contribution in [3.63, 3.8) is 0 Å². The maximum Gasteiger partial charge on any atom is 0.410 e. The van der Waals surface area contributed by atoms with Gasteiger partial charge in [0.05, 0.1) is 12.1 Å². The third-order valence-corrected chi connectivity index (χ3v) is 5.48. The molecular weight excluding hydrogens is 474 g/mol. The Balaban J connectivity index is 1.54. The smallest absolute Gasteiger partial charge is 0.410 e. The molecule has 0 radical (unpaired) electrons. The first-order valence-corrected chi connectivity index (χ1v) is 10.3. The van der Waals surface area contributed by atoms with Crippen molar-refractivity contribution >= 4 is 34.5 Å². The fraction of sp³-hybridized carbons (Fsp3) is 0.450. The molecule has 0 spiro atoms. The van der Waals surface area contributed by atoms with E-state index in [1.807, 2.05) is 31.7 Å². The minimum absolute atomic E-state index is 0.116. The number of aromatic nitrogens is 2. The molecule has 2 bridgehead atoms. The standard InChI is InChI=1S/C20H22FIN4O2/c1-20(2,3)28-19(27)26-11-14-8-15(26)10-25(14)17-9-16(22)23-18(24-17)12-5-4-6-13(21)7-12/h4-7,9,14-15H,8,10-11H2,1-3H3/t14-,15-/m0/s1. The van der Waals surface area contributed by atoms with Crippen molar-refractivity contribution in [3.8, 4) is 11.4 Å². The maximum absolute atomic E-state index is 13.6. The molecule has 2 aliphatic rings. The number of halogens is 2. The Kier molecular flexibility index (Phi) is 4.93. The molecular formula is C20H22FIN4O2. The van der Waals surface area contributed by atoms with Crippen LogP contribution in [0.25, 0.3) is 11.4 Å². The number of carbonyl (C=O) groups is 1. The Hall–Kier alpha value is -1.97. The number of benzene rings is 1. The summed E-state index contributed by atoms with van der Waals surface area (Å²) in [6.07, 6.45) is 0.646. The third-order valence-electron chi connectivity index (χ3n) is 4.93. The van der Waals surface area contributed by atoms with Gasteiger partial charge in [0, 0.05) is 24.7 Å². The van der Waals surface area contributed by atoms with E-state index < -0.39 is 5.60 Å². The number of likely N-dealkylation sites (tertiary alicyclic amines) is 1. The van der Waals surface area contributed by atoms with Crippen molar-refractivity contribution < 1.29 is 13.9 Å². The van der Waals surface area contributed by atoms with Crippen LogP contribution in [0.4, 0.5) is 15.0 Å². The molecule has 4 rings (SSSR count). The van der Waals surface area contributed by atoms with Gasteiger partial charge < -0.3 is 14.5 Å². The van der Waals surface area contributed by atoms with Crippen molar-refractivity contribution in [2.24, 2.45) is 0 Å². The summed E-state index contributed by atoms with van der Waals surface area (Å²) in [4.78, 5) is 25.6. The molecule has 0 aliphatic carbocycles. The van der Waals surface area contributed by atoms with E-state index in [0.29, 0.717) is 24.5 Å². The molecule has 2 atom stereocenters. The number of hydrogen-bond acceptors (Lipinski definition) is 5. The molecule has 2 saturated heterocycles. The normalized spacial score (nSPS) is 21.3. The molecule has 0 unspecified atom stereocenters. The number of amides is 1. The van der Waals surface area contributed by atoms with Crippen LogP contribution in [-0.4, -0.2) is 51.7 Å². The molecule has 0 N–H and O–H groups in total. The lowest BCUT2D eigenvalue weighted by molar-refractivity contribution is 0.0214. The van der Waals surface area contributed by atoms with Crippen LogP contribution in [0.15, 0.2) is 30.3 Å². The van der Waals surface area contributed by atoms with Crippen molar-refractivity contribution in [3.05, 3.63) is 39.8 Å². The van der Waals surface area contributed by atoms with Gasteiger partial charge in [-0.2, -0.15) is 0 Å². The van der Waals surface area contributed by atoms with E-state index in [-0.39, 0.29) is 24.0 Å². The average molecular weight is 496 g/mol. The fourth-order valence-electron chi connectivity index (χ4n) is 3.80. The van der Waals surface area contributed by atoms with Crippen molar-refractivity contribution in [2.45, 2.75) is 44.9 Å². The zero-order valence-corrected chi connectivity index (χ0v) is 18.2. The van der Waals surface area contributed by atoms with Gasteiger partial charge in [-0.25, -0.2) is 19.2 Å². The zero-order chi connectivity index (χ0) is 20.1. The molecule has 2 aromatic rings. The number of fused-ring (bicyclic) bond motifs is 2. The maximum atomic E-state index is 13.6. The highest BCUT2D eigenvalue weighted by Crippen LogP contribution is 2.35. The summed E-state index contributed by atoms with van der Waals surface area (Å²) in [6.45, 7) is 6.96. The first-order chi connectivity index (χ1) is 13.2. The number of ether oxygens (including phenoxy) is 1. The van der Waals surface area contributed by atoms with Crippen LogP contribution in [0.3, 0.4) is 0 Å². The largest absolute Gasteiger partial charge is 0.444 e. The zero-order valence-electron chi connectivity index (χ0n) is 16.0. The highest BCUT2D eigenvalue weighted by atomic mass is 127. The number of rotatable bonds is 2. The molecule has 148 valence electrons. The van der Waals surface area contributed by atoms with Gasteiger partial charge in [0.1, 0.15) is 20.9 Å². The molecule has 2 fully saturated rings. The molecule has 2 aliphatic heterocycles. The van der Waals surface area contributed by atoms with Gasteiger partial charge in [-0.05, 0) is 61.9 Å². The van der Waals surface area contributed by atoms with Crippen LogP contribution in [0.2, 0.25) is 0 Å². The van der Waals surface area contributed by atoms with E-state index in [9.17, 15) is 9.18 Å². The van der Waals surface area contributed by atoms with E-state index in [4.69, 9.17) is 4.74 Å². The van der Waals surface area contributed by atoms with Crippen LogP contribution in [-0.2, 0) is 4.74 Å². The summed E-state index contributed by atoms with van der Waals surface area (Å²) in [6, 6.07) is 8.55. The molecule has 1 aromatic carbocycles. The lowest BCUT2D eigenvalue weighted by Gasteiger charge is -2.35. The van der Waals surface area contributed by atoms with Crippen molar-refractivity contribution in [1.82, 2.24) is 14.9 Å². The second-order valence-corrected chi connectivity index (χ2v) is 9.32. The highest BCUT2D eigenvalue weighted by molar-refractivity contribution is 14.1. The number of nitrogens with zero attached hydrogens (tertiary/aromatic N) is 4. The monoisotopic (exact) mass is 496 g/mol. The number of anilines is 1. The Morgan fingerprint density at radius 1 is 1.21 bits per heavy atom. The Morgan fingerprint density at radius 2 is 2.00 bits per heavy atom. The molecule has 8 heteroatoms. The van der Waals surface area contributed by atoms with Crippen LogP contribution in [0.1, 0.15) is 27.2 Å². The quantitative estimate of drug-likeness (QED) is 0.464. The van der Waals surface area contributed by atoms with Crippen LogP contribution >= 0.6 is 22.6 Å².